The van der Waals surface area contributed by atoms with Crippen LogP contribution >= 0.6 is 0 Å². The van der Waals surface area contributed by atoms with Gasteiger partial charge in [0.15, 0.2) is 0 Å². The molecule has 0 aromatic rings. The third kappa shape index (κ3) is 2.40. The molecule has 19 heavy (non-hydrogen) atoms. The quantitative estimate of drug-likeness (QED) is 0.825. The summed E-state index contributed by atoms with van der Waals surface area (Å²) in [5.74, 6) is 1.70. The lowest BCUT2D eigenvalue weighted by Gasteiger charge is -2.38. The van der Waals surface area contributed by atoms with Gasteiger partial charge in [0, 0.05) is 32.2 Å². The summed E-state index contributed by atoms with van der Waals surface area (Å²) < 4.78 is 0. The van der Waals surface area contributed by atoms with Crippen LogP contribution in [0.2, 0.25) is 0 Å². The molecule has 2 saturated carbocycles. The predicted octanol–water partition coefficient (Wildman–Crippen LogP) is 0.914. The molecule has 3 aliphatic rings. The second-order valence-corrected chi connectivity index (χ2v) is 6.60. The molecule has 1 heterocycles. The van der Waals surface area contributed by atoms with Crippen molar-refractivity contribution >= 4 is 5.91 Å². The molecule has 1 amide bonds. The van der Waals surface area contributed by atoms with Crippen molar-refractivity contribution in [3.8, 4) is 0 Å². The van der Waals surface area contributed by atoms with Crippen LogP contribution in [-0.4, -0.2) is 54.5 Å². The number of carbonyl (C=O) groups excluding carboxylic acids is 1. The average molecular weight is 265 g/mol. The SMILES string of the molecule is CCCN1CCN(C(=O)C2C3CCC(C3)C2N)CC1. The van der Waals surface area contributed by atoms with E-state index in [0.717, 1.165) is 32.7 Å². The number of piperazine rings is 1. The normalized spacial score (nSPS) is 38.9. The highest BCUT2D eigenvalue weighted by molar-refractivity contribution is 5.80. The number of amides is 1. The molecule has 1 aliphatic heterocycles. The largest absolute Gasteiger partial charge is 0.340 e. The van der Waals surface area contributed by atoms with E-state index in [4.69, 9.17) is 5.73 Å². The fraction of sp³-hybridized carbons (Fsp3) is 0.933. The Hall–Kier alpha value is -0.610. The van der Waals surface area contributed by atoms with E-state index in [1.165, 1.54) is 25.7 Å². The highest BCUT2D eigenvalue weighted by atomic mass is 16.2. The minimum absolute atomic E-state index is 0.136. The molecule has 0 aromatic carbocycles. The lowest BCUT2D eigenvalue weighted by atomic mass is 9.84. The summed E-state index contributed by atoms with van der Waals surface area (Å²) in [6, 6.07) is 0.139. The zero-order valence-corrected chi connectivity index (χ0v) is 12.1. The van der Waals surface area contributed by atoms with Gasteiger partial charge >= 0.3 is 0 Å². The van der Waals surface area contributed by atoms with Crippen molar-refractivity contribution in [1.29, 1.82) is 0 Å². The minimum Gasteiger partial charge on any atom is -0.340 e. The molecule has 4 nitrogen and oxygen atoms in total. The van der Waals surface area contributed by atoms with Gasteiger partial charge in [-0.25, -0.2) is 0 Å². The molecule has 2 bridgehead atoms. The summed E-state index contributed by atoms with van der Waals surface area (Å²) >= 11 is 0. The Morgan fingerprint density at radius 1 is 1.16 bits per heavy atom. The summed E-state index contributed by atoms with van der Waals surface area (Å²) in [6.07, 6.45) is 4.88. The van der Waals surface area contributed by atoms with Gasteiger partial charge < -0.3 is 10.6 Å². The molecule has 0 radical (unpaired) electrons. The van der Waals surface area contributed by atoms with Crippen molar-refractivity contribution in [3.63, 3.8) is 0 Å². The van der Waals surface area contributed by atoms with Crippen LogP contribution in [0.15, 0.2) is 0 Å². The highest BCUT2D eigenvalue weighted by Crippen LogP contribution is 2.48. The molecule has 2 aliphatic carbocycles. The van der Waals surface area contributed by atoms with Gasteiger partial charge in [0.25, 0.3) is 0 Å². The molecule has 108 valence electrons. The van der Waals surface area contributed by atoms with Crippen molar-refractivity contribution in [1.82, 2.24) is 9.80 Å². The monoisotopic (exact) mass is 265 g/mol. The van der Waals surface area contributed by atoms with E-state index in [9.17, 15) is 4.79 Å². The number of rotatable bonds is 3. The molecular formula is C15H27N3O. The fourth-order valence-electron chi connectivity index (χ4n) is 4.42. The van der Waals surface area contributed by atoms with Gasteiger partial charge in [-0.1, -0.05) is 6.92 Å². The van der Waals surface area contributed by atoms with Crippen molar-refractivity contribution in [2.75, 3.05) is 32.7 Å². The standard InChI is InChI=1S/C15H27N3O/c1-2-5-17-6-8-18(9-7-17)15(19)13-11-3-4-12(10-11)14(13)16/h11-14H,2-10,16H2,1H3. The maximum Gasteiger partial charge on any atom is 0.227 e. The maximum absolute atomic E-state index is 12.7. The van der Waals surface area contributed by atoms with Crippen molar-refractivity contribution in [3.05, 3.63) is 0 Å². The van der Waals surface area contributed by atoms with E-state index in [1.807, 2.05) is 0 Å². The molecule has 3 rings (SSSR count). The molecule has 3 fully saturated rings. The zero-order valence-electron chi connectivity index (χ0n) is 12.1. The average Bonchev–Trinajstić information content (AvgIpc) is 3.00. The van der Waals surface area contributed by atoms with Crippen LogP contribution in [0.25, 0.3) is 0 Å². The number of fused-ring (bicyclic) bond motifs is 2. The summed E-state index contributed by atoms with van der Waals surface area (Å²) in [4.78, 5) is 17.2. The number of nitrogens with zero attached hydrogens (tertiary/aromatic N) is 2. The topological polar surface area (TPSA) is 49.6 Å². The van der Waals surface area contributed by atoms with Crippen LogP contribution in [0.1, 0.15) is 32.6 Å². The lowest BCUT2D eigenvalue weighted by Crippen LogP contribution is -2.53. The summed E-state index contributed by atoms with van der Waals surface area (Å²) in [7, 11) is 0. The number of carbonyl (C=O) groups is 1. The summed E-state index contributed by atoms with van der Waals surface area (Å²) in [5.41, 5.74) is 6.29. The van der Waals surface area contributed by atoms with E-state index in [0.29, 0.717) is 17.7 Å². The predicted molar refractivity (Wildman–Crippen MR) is 75.6 cm³/mol. The van der Waals surface area contributed by atoms with Crippen molar-refractivity contribution < 1.29 is 4.79 Å². The van der Waals surface area contributed by atoms with Gasteiger partial charge in [-0.15, -0.1) is 0 Å². The van der Waals surface area contributed by atoms with E-state index in [1.54, 1.807) is 0 Å². The van der Waals surface area contributed by atoms with E-state index in [-0.39, 0.29) is 12.0 Å². The number of hydrogen-bond donors (Lipinski definition) is 1. The van der Waals surface area contributed by atoms with E-state index in [2.05, 4.69) is 16.7 Å². The Morgan fingerprint density at radius 3 is 2.42 bits per heavy atom. The fourth-order valence-corrected chi connectivity index (χ4v) is 4.42. The third-order valence-electron chi connectivity index (χ3n) is 5.49. The van der Waals surface area contributed by atoms with Gasteiger partial charge in [0.1, 0.15) is 0 Å². The Labute approximate surface area is 116 Å². The van der Waals surface area contributed by atoms with Gasteiger partial charge in [0.2, 0.25) is 5.91 Å². The van der Waals surface area contributed by atoms with Crippen LogP contribution < -0.4 is 5.73 Å². The van der Waals surface area contributed by atoms with Crippen molar-refractivity contribution in [2.45, 2.75) is 38.6 Å². The second kappa shape index (κ2) is 5.41. The molecule has 1 saturated heterocycles. The first-order valence-corrected chi connectivity index (χ1v) is 7.97. The molecule has 4 unspecified atom stereocenters. The van der Waals surface area contributed by atoms with Gasteiger partial charge in [-0.2, -0.15) is 0 Å². The van der Waals surface area contributed by atoms with Gasteiger partial charge in [0.05, 0.1) is 5.92 Å². The highest BCUT2D eigenvalue weighted by Gasteiger charge is 2.50. The number of nitrogens with two attached hydrogens (primary N) is 1. The van der Waals surface area contributed by atoms with Gasteiger partial charge in [-0.05, 0) is 44.1 Å². The number of hydrogen-bond acceptors (Lipinski definition) is 3. The van der Waals surface area contributed by atoms with E-state index >= 15 is 0 Å². The summed E-state index contributed by atoms with van der Waals surface area (Å²) in [6.45, 7) is 7.26. The third-order valence-corrected chi connectivity index (χ3v) is 5.49. The Kier molecular flexibility index (Phi) is 3.81. The first-order valence-electron chi connectivity index (χ1n) is 7.97. The maximum atomic E-state index is 12.7. The van der Waals surface area contributed by atoms with Crippen LogP contribution in [0.4, 0.5) is 0 Å². The lowest BCUT2D eigenvalue weighted by molar-refractivity contribution is -0.139. The van der Waals surface area contributed by atoms with Crippen molar-refractivity contribution in [2.24, 2.45) is 23.5 Å². The molecule has 0 aromatic heterocycles. The Morgan fingerprint density at radius 2 is 1.84 bits per heavy atom. The molecular weight excluding hydrogens is 238 g/mol. The van der Waals surface area contributed by atoms with Crippen LogP contribution in [0.5, 0.6) is 0 Å². The summed E-state index contributed by atoms with van der Waals surface area (Å²) in [5, 5.41) is 0. The Bertz CT molecular complexity index is 336. The molecule has 2 N–H and O–H groups in total. The first-order chi connectivity index (χ1) is 9.20. The second-order valence-electron chi connectivity index (χ2n) is 6.60. The minimum atomic E-state index is 0.136. The molecule has 4 atom stereocenters. The van der Waals surface area contributed by atoms with Crippen LogP contribution in [-0.2, 0) is 4.79 Å². The van der Waals surface area contributed by atoms with E-state index < -0.39 is 0 Å². The molecule has 4 heteroatoms. The van der Waals surface area contributed by atoms with Crippen LogP contribution in [0, 0.1) is 17.8 Å². The van der Waals surface area contributed by atoms with Crippen LogP contribution in [0.3, 0.4) is 0 Å². The van der Waals surface area contributed by atoms with Gasteiger partial charge in [-0.3, -0.25) is 9.69 Å². The molecule has 0 spiro atoms. The Balaban J connectivity index is 1.57. The smallest absolute Gasteiger partial charge is 0.227 e. The first kappa shape index (κ1) is 13.4. The zero-order chi connectivity index (χ0) is 13.4.